The molecule has 0 aromatic heterocycles. The Morgan fingerprint density at radius 1 is 1.14 bits per heavy atom. The van der Waals surface area contributed by atoms with Crippen LogP contribution in [0.4, 0.5) is 0 Å². The van der Waals surface area contributed by atoms with E-state index in [9.17, 15) is 9.59 Å². The van der Waals surface area contributed by atoms with E-state index < -0.39 is 6.04 Å². The Balaban J connectivity index is 1.46. The van der Waals surface area contributed by atoms with Crippen molar-refractivity contribution < 1.29 is 23.8 Å². The van der Waals surface area contributed by atoms with Crippen LogP contribution in [-0.4, -0.2) is 36.8 Å². The molecular weight excluding hydrogens is 360 g/mol. The first kappa shape index (κ1) is 20.3. The standard InChI is InChI=1S/C21H30N2O5/c1-13(2)10-18(22-14(3)24)21(25)23-15-4-6-16(7-5-15)28-17-8-9-19-20(11-17)27-12-26-19/h8-9,11,13,15-16,18H,4-7,10,12H2,1-3H3,(H,22,24)(H,23,25)/t15?,16?,18-/m0/s1. The van der Waals surface area contributed by atoms with E-state index in [0.717, 1.165) is 37.2 Å². The van der Waals surface area contributed by atoms with Crippen molar-refractivity contribution in [1.82, 2.24) is 10.6 Å². The van der Waals surface area contributed by atoms with Gasteiger partial charge in [-0.1, -0.05) is 13.8 Å². The number of rotatable bonds is 7. The number of hydrogen-bond donors (Lipinski definition) is 2. The first-order chi connectivity index (χ1) is 13.4. The minimum Gasteiger partial charge on any atom is -0.490 e. The third-order valence-electron chi connectivity index (χ3n) is 5.07. The molecule has 1 saturated carbocycles. The number of ether oxygens (including phenoxy) is 3. The summed E-state index contributed by atoms with van der Waals surface area (Å²) < 4.78 is 16.8. The Morgan fingerprint density at radius 3 is 2.54 bits per heavy atom. The monoisotopic (exact) mass is 390 g/mol. The fourth-order valence-electron chi connectivity index (χ4n) is 3.72. The average molecular weight is 390 g/mol. The Morgan fingerprint density at radius 2 is 1.86 bits per heavy atom. The van der Waals surface area contributed by atoms with Crippen molar-refractivity contribution in [3.05, 3.63) is 18.2 Å². The molecule has 0 bridgehead atoms. The van der Waals surface area contributed by atoms with Gasteiger partial charge >= 0.3 is 0 Å². The van der Waals surface area contributed by atoms with Crippen molar-refractivity contribution in [2.24, 2.45) is 5.92 Å². The normalized spacial score (nSPS) is 21.9. The highest BCUT2D eigenvalue weighted by atomic mass is 16.7. The fourth-order valence-corrected chi connectivity index (χ4v) is 3.72. The second-order valence-electron chi connectivity index (χ2n) is 8.00. The summed E-state index contributed by atoms with van der Waals surface area (Å²) in [6.45, 7) is 5.78. The molecule has 1 heterocycles. The molecule has 0 saturated heterocycles. The summed E-state index contributed by atoms with van der Waals surface area (Å²) in [5.41, 5.74) is 0. The summed E-state index contributed by atoms with van der Waals surface area (Å²) in [5, 5.41) is 5.87. The molecule has 2 N–H and O–H groups in total. The van der Waals surface area contributed by atoms with Gasteiger partial charge in [-0.25, -0.2) is 0 Å². The van der Waals surface area contributed by atoms with Gasteiger partial charge < -0.3 is 24.8 Å². The van der Waals surface area contributed by atoms with E-state index in [1.165, 1.54) is 6.92 Å². The molecule has 2 aliphatic rings. The van der Waals surface area contributed by atoms with Gasteiger partial charge in [-0.2, -0.15) is 0 Å². The van der Waals surface area contributed by atoms with E-state index >= 15 is 0 Å². The third kappa shape index (κ3) is 5.53. The molecule has 28 heavy (non-hydrogen) atoms. The van der Waals surface area contributed by atoms with Gasteiger partial charge in [0, 0.05) is 19.0 Å². The average Bonchev–Trinajstić information content (AvgIpc) is 3.10. The smallest absolute Gasteiger partial charge is 0.242 e. The molecule has 0 spiro atoms. The number of carbonyl (C=O) groups excluding carboxylic acids is 2. The number of hydrogen-bond acceptors (Lipinski definition) is 5. The van der Waals surface area contributed by atoms with Crippen LogP contribution in [-0.2, 0) is 9.59 Å². The Labute approximate surface area is 166 Å². The molecule has 0 radical (unpaired) electrons. The van der Waals surface area contributed by atoms with Crippen molar-refractivity contribution in [3.63, 3.8) is 0 Å². The molecule has 1 aromatic rings. The molecule has 7 nitrogen and oxygen atoms in total. The molecule has 7 heteroatoms. The topological polar surface area (TPSA) is 85.9 Å². The van der Waals surface area contributed by atoms with Gasteiger partial charge in [-0.3, -0.25) is 9.59 Å². The Hall–Kier alpha value is -2.44. The third-order valence-corrected chi connectivity index (χ3v) is 5.07. The van der Waals surface area contributed by atoms with Crippen LogP contribution >= 0.6 is 0 Å². The molecule has 1 aromatic carbocycles. The van der Waals surface area contributed by atoms with Crippen molar-refractivity contribution in [2.45, 2.75) is 71.1 Å². The van der Waals surface area contributed by atoms with Gasteiger partial charge in [-0.15, -0.1) is 0 Å². The van der Waals surface area contributed by atoms with Gasteiger partial charge in [0.15, 0.2) is 11.5 Å². The lowest BCUT2D eigenvalue weighted by atomic mass is 9.92. The number of fused-ring (bicyclic) bond motifs is 1. The highest BCUT2D eigenvalue weighted by Crippen LogP contribution is 2.36. The fraction of sp³-hybridized carbons (Fsp3) is 0.619. The molecular formula is C21H30N2O5. The van der Waals surface area contributed by atoms with E-state index in [1.807, 2.05) is 32.0 Å². The highest BCUT2D eigenvalue weighted by Gasteiger charge is 2.27. The summed E-state index contributed by atoms with van der Waals surface area (Å²) in [4.78, 5) is 24.0. The molecule has 1 aliphatic heterocycles. The maximum atomic E-state index is 12.6. The minimum absolute atomic E-state index is 0.0935. The lowest BCUT2D eigenvalue weighted by molar-refractivity contribution is -0.129. The number of amides is 2. The number of nitrogens with one attached hydrogen (secondary N) is 2. The molecule has 1 fully saturated rings. The second-order valence-corrected chi connectivity index (χ2v) is 8.00. The largest absolute Gasteiger partial charge is 0.490 e. The van der Waals surface area contributed by atoms with E-state index in [2.05, 4.69) is 10.6 Å². The minimum atomic E-state index is -0.472. The van der Waals surface area contributed by atoms with Crippen LogP contribution in [0, 0.1) is 5.92 Å². The summed E-state index contributed by atoms with van der Waals surface area (Å²) in [6, 6.07) is 5.26. The molecule has 1 aliphatic carbocycles. The van der Waals surface area contributed by atoms with Crippen LogP contribution < -0.4 is 24.8 Å². The zero-order chi connectivity index (χ0) is 20.1. The van der Waals surface area contributed by atoms with Crippen LogP contribution in [0.1, 0.15) is 52.9 Å². The lowest BCUT2D eigenvalue weighted by Gasteiger charge is -2.31. The maximum Gasteiger partial charge on any atom is 0.242 e. The Bertz CT molecular complexity index is 698. The summed E-state index contributed by atoms with van der Waals surface area (Å²) in [5.74, 6) is 2.29. The summed E-state index contributed by atoms with van der Waals surface area (Å²) in [7, 11) is 0. The van der Waals surface area contributed by atoms with E-state index in [-0.39, 0.29) is 30.8 Å². The number of benzene rings is 1. The molecule has 154 valence electrons. The summed E-state index contributed by atoms with van der Waals surface area (Å²) >= 11 is 0. The van der Waals surface area contributed by atoms with Crippen LogP contribution in [0.2, 0.25) is 0 Å². The van der Waals surface area contributed by atoms with E-state index in [0.29, 0.717) is 18.1 Å². The van der Waals surface area contributed by atoms with Gasteiger partial charge in [-0.05, 0) is 50.2 Å². The first-order valence-electron chi connectivity index (χ1n) is 10.0. The van der Waals surface area contributed by atoms with Crippen LogP contribution in [0.5, 0.6) is 17.2 Å². The predicted octanol–water partition coefficient (Wildman–Crippen LogP) is 2.77. The molecule has 0 unspecified atom stereocenters. The SMILES string of the molecule is CC(=O)N[C@@H](CC(C)C)C(=O)NC1CCC(Oc2ccc3c(c2)OCO3)CC1. The van der Waals surface area contributed by atoms with E-state index in [1.54, 1.807) is 0 Å². The first-order valence-corrected chi connectivity index (χ1v) is 10.0. The zero-order valence-corrected chi connectivity index (χ0v) is 16.8. The van der Waals surface area contributed by atoms with E-state index in [4.69, 9.17) is 14.2 Å². The quantitative estimate of drug-likeness (QED) is 0.748. The van der Waals surface area contributed by atoms with Gasteiger partial charge in [0.25, 0.3) is 0 Å². The van der Waals surface area contributed by atoms with Crippen molar-refractivity contribution in [3.8, 4) is 17.2 Å². The maximum absolute atomic E-state index is 12.6. The molecule has 1 atom stereocenters. The number of carbonyl (C=O) groups is 2. The second kappa shape index (κ2) is 9.17. The Kier molecular flexibility index (Phi) is 6.65. The highest BCUT2D eigenvalue weighted by molar-refractivity contribution is 5.87. The molecule has 2 amide bonds. The van der Waals surface area contributed by atoms with Crippen LogP contribution in [0.25, 0.3) is 0 Å². The molecule has 3 rings (SSSR count). The van der Waals surface area contributed by atoms with Gasteiger partial charge in [0.05, 0.1) is 6.10 Å². The van der Waals surface area contributed by atoms with Crippen molar-refractivity contribution >= 4 is 11.8 Å². The van der Waals surface area contributed by atoms with Crippen LogP contribution in [0.15, 0.2) is 18.2 Å². The predicted molar refractivity (Wildman–Crippen MR) is 104 cm³/mol. The zero-order valence-electron chi connectivity index (χ0n) is 16.8. The van der Waals surface area contributed by atoms with Gasteiger partial charge in [0.2, 0.25) is 18.6 Å². The summed E-state index contributed by atoms with van der Waals surface area (Å²) in [6.07, 6.45) is 4.21. The van der Waals surface area contributed by atoms with Crippen LogP contribution in [0.3, 0.4) is 0 Å². The van der Waals surface area contributed by atoms with Crippen molar-refractivity contribution in [2.75, 3.05) is 6.79 Å². The van der Waals surface area contributed by atoms with Crippen molar-refractivity contribution in [1.29, 1.82) is 0 Å². The van der Waals surface area contributed by atoms with Gasteiger partial charge in [0.1, 0.15) is 11.8 Å². The lowest BCUT2D eigenvalue weighted by Crippen LogP contribution is -2.50.